The van der Waals surface area contributed by atoms with Gasteiger partial charge in [-0.2, -0.15) is 5.10 Å². The largest absolute Gasteiger partial charge is 0.367 e. The van der Waals surface area contributed by atoms with Crippen LogP contribution in [0.1, 0.15) is 18.1 Å². The zero-order chi connectivity index (χ0) is 19.9. The van der Waals surface area contributed by atoms with Gasteiger partial charge in [-0.25, -0.2) is 0 Å². The molecule has 0 aliphatic heterocycles. The van der Waals surface area contributed by atoms with Crippen molar-refractivity contribution in [1.82, 2.24) is 0 Å². The highest BCUT2D eigenvalue weighted by Crippen LogP contribution is 2.33. The number of benzene rings is 3. The predicted molar refractivity (Wildman–Crippen MR) is 122 cm³/mol. The van der Waals surface area contributed by atoms with E-state index in [0.717, 1.165) is 18.7 Å². The number of hydrazone groups is 1. The highest BCUT2D eigenvalue weighted by atomic mass is 35.5. The van der Waals surface area contributed by atoms with Gasteiger partial charge in [0.2, 0.25) is 0 Å². The highest BCUT2D eigenvalue weighted by molar-refractivity contribution is 6.41. The molecule has 0 fully saturated rings. The summed E-state index contributed by atoms with van der Waals surface area (Å²) in [7, 11) is 0. The van der Waals surface area contributed by atoms with E-state index < -0.39 is 0 Å². The third-order valence-corrected chi connectivity index (χ3v) is 5.07. The molecule has 0 aliphatic carbocycles. The average molecular weight is 433 g/mol. The molecule has 3 aromatic carbocycles. The molecule has 0 aromatic heterocycles. The van der Waals surface area contributed by atoms with Crippen LogP contribution in [0.4, 0.5) is 11.4 Å². The van der Waals surface area contributed by atoms with Crippen LogP contribution in [-0.4, -0.2) is 12.8 Å². The summed E-state index contributed by atoms with van der Waals surface area (Å²) >= 11 is 18.2. The van der Waals surface area contributed by atoms with Crippen molar-refractivity contribution in [2.45, 2.75) is 13.5 Å². The fourth-order valence-electron chi connectivity index (χ4n) is 2.78. The minimum atomic E-state index is 0.421. The van der Waals surface area contributed by atoms with Crippen LogP contribution in [0.15, 0.2) is 71.8 Å². The van der Waals surface area contributed by atoms with E-state index in [1.807, 2.05) is 18.2 Å². The first-order valence-corrected chi connectivity index (χ1v) is 10.0. The van der Waals surface area contributed by atoms with Gasteiger partial charge in [-0.15, -0.1) is 0 Å². The zero-order valence-electron chi connectivity index (χ0n) is 15.4. The Labute approximate surface area is 180 Å². The monoisotopic (exact) mass is 431 g/mol. The predicted octanol–water partition coefficient (Wildman–Crippen LogP) is 7.12. The van der Waals surface area contributed by atoms with Crippen molar-refractivity contribution in [2.24, 2.45) is 5.10 Å². The number of hydrogen-bond acceptors (Lipinski definition) is 3. The van der Waals surface area contributed by atoms with Crippen molar-refractivity contribution in [3.05, 3.63) is 92.9 Å². The van der Waals surface area contributed by atoms with Crippen LogP contribution in [0.5, 0.6) is 0 Å². The molecule has 0 spiro atoms. The molecule has 28 heavy (non-hydrogen) atoms. The maximum Gasteiger partial charge on any atom is 0.0935 e. The average Bonchev–Trinajstić information content (AvgIpc) is 2.69. The number of anilines is 2. The van der Waals surface area contributed by atoms with E-state index in [-0.39, 0.29) is 0 Å². The van der Waals surface area contributed by atoms with E-state index in [2.05, 4.69) is 58.7 Å². The third-order valence-electron chi connectivity index (χ3n) is 4.25. The van der Waals surface area contributed by atoms with Gasteiger partial charge in [0.25, 0.3) is 0 Å². The summed E-state index contributed by atoms with van der Waals surface area (Å²) in [5, 5.41) is 5.55. The number of nitrogens with one attached hydrogen (secondary N) is 1. The van der Waals surface area contributed by atoms with Gasteiger partial charge in [-0.3, -0.25) is 5.43 Å². The summed E-state index contributed by atoms with van der Waals surface area (Å²) in [5.74, 6) is 0. The lowest BCUT2D eigenvalue weighted by Gasteiger charge is -2.23. The Hall–Kier alpha value is -2.20. The SMILES string of the molecule is CCN(Cc1ccccc1)c1ccc(/C=N/Nc2c(Cl)cc(Cl)cc2Cl)cc1. The maximum atomic E-state index is 6.14. The second-order valence-corrected chi connectivity index (χ2v) is 7.46. The minimum Gasteiger partial charge on any atom is -0.367 e. The van der Waals surface area contributed by atoms with Gasteiger partial charge in [0.1, 0.15) is 0 Å². The molecule has 0 amide bonds. The third kappa shape index (κ3) is 5.41. The number of halogens is 3. The number of nitrogens with zero attached hydrogens (tertiary/aromatic N) is 2. The van der Waals surface area contributed by atoms with Gasteiger partial charge < -0.3 is 4.90 Å². The van der Waals surface area contributed by atoms with Crippen LogP contribution in [0.25, 0.3) is 0 Å². The van der Waals surface area contributed by atoms with Gasteiger partial charge in [0.05, 0.1) is 21.9 Å². The molecule has 3 nitrogen and oxygen atoms in total. The number of rotatable bonds is 7. The van der Waals surface area contributed by atoms with Crippen LogP contribution >= 0.6 is 34.8 Å². The van der Waals surface area contributed by atoms with E-state index >= 15 is 0 Å². The van der Waals surface area contributed by atoms with Gasteiger partial charge in [0.15, 0.2) is 0 Å². The first-order chi connectivity index (χ1) is 13.6. The molecule has 0 saturated carbocycles. The Morgan fingerprint density at radius 1 is 0.929 bits per heavy atom. The Morgan fingerprint density at radius 3 is 2.18 bits per heavy atom. The smallest absolute Gasteiger partial charge is 0.0935 e. The molecule has 0 heterocycles. The standard InChI is InChI=1S/C22H20Cl3N3/c1-2-28(15-17-6-4-3-5-7-17)19-10-8-16(9-11-19)14-26-27-22-20(24)12-18(23)13-21(22)25/h3-14,27H,2,15H2,1H3/b26-14+. The molecule has 144 valence electrons. The Kier molecular flexibility index (Phi) is 7.21. The molecular formula is C22H20Cl3N3. The summed E-state index contributed by atoms with van der Waals surface area (Å²) in [6.45, 7) is 3.96. The molecular weight excluding hydrogens is 413 g/mol. The Morgan fingerprint density at radius 2 is 1.57 bits per heavy atom. The lowest BCUT2D eigenvalue weighted by molar-refractivity contribution is 0.832. The minimum absolute atomic E-state index is 0.421. The quantitative estimate of drug-likeness (QED) is 0.318. The van der Waals surface area contributed by atoms with Gasteiger partial charge in [-0.1, -0.05) is 77.3 Å². The van der Waals surface area contributed by atoms with E-state index in [0.29, 0.717) is 20.8 Å². The van der Waals surface area contributed by atoms with Crippen molar-refractivity contribution in [3.8, 4) is 0 Å². The summed E-state index contributed by atoms with van der Waals surface area (Å²) < 4.78 is 0. The Bertz CT molecular complexity index is 918. The van der Waals surface area contributed by atoms with E-state index in [4.69, 9.17) is 34.8 Å². The van der Waals surface area contributed by atoms with Crippen LogP contribution in [0, 0.1) is 0 Å². The van der Waals surface area contributed by atoms with Crippen LogP contribution in [0.3, 0.4) is 0 Å². The summed E-state index contributed by atoms with van der Waals surface area (Å²) in [4.78, 5) is 2.32. The van der Waals surface area contributed by atoms with Crippen LogP contribution < -0.4 is 10.3 Å². The molecule has 0 saturated heterocycles. The summed E-state index contributed by atoms with van der Waals surface area (Å²) in [6, 6.07) is 21.9. The first kappa shape index (κ1) is 20.5. The normalized spacial score (nSPS) is 11.0. The topological polar surface area (TPSA) is 27.6 Å². The molecule has 0 atom stereocenters. The number of hydrogen-bond donors (Lipinski definition) is 1. The first-order valence-electron chi connectivity index (χ1n) is 8.89. The Balaban J connectivity index is 1.66. The molecule has 0 radical (unpaired) electrons. The second-order valence-electron chi connectivity index (χ2n) is 6.21. The maximum absolute atomic E-state index is 6.14. The lowest BCUT2D eigenvalue weighted by Crippen LogP contribution is -2.21. The van der Waals surface area contributed by atoms with Crippen LogP contribution in [0.2, 0.25) is 15.1 Å². The summed E-state index contributed by atoms with van der Waals surface area (Å²) in [5.41, 5.74) is 6.82. The van der Waals surface area contributed by atoms with Crippen molar-refractivity contribution < 1.29 is 0 Å². The van der Waals surface area contributed by atoms with E-state index in [1.54, 1.807) is 18.3 Å². The van der Waals surface area contributed by atoms with Gasteiger partial charge in [0, 0.05) is 23.8 Å². The molecule has 0 bridgehead atoms. The van der Waals surface area contributed by atoms with Crippen molar-refractivity contribution in [2.75, 3.05) is 16.9 Å². The molecule has 6 heteroatoms. The van der Waals surface area contributed by atoms with Crippen molar-refractivity contribution in [3.63, 3.8) is 0 Å². The fraction of sp³-hybridized carbons (Fsp3) is 0.136. The lowest BCUT2D eigenvalue weighted by atomic mass is 10.1. The molecule has 0 unspecified atom stereocenters. The molecule has 0 aliphatic rings. The zero-order valence-corrected chi connectivity index (χ0v) is 17.6. The summed E-state index contributed by atoms with van der Waals surface area (Å²) in [6.07, 6.45) is 1.72. The van der Waals surface area contributed by atoms with Crippen molar-refractivity contribution in [1.29, 1.82) is 0 Å². The molecule has 3 aromatic rings. The molecule has 1 N–H and O–H groups in total. The van der Waals surface area contributed by atoms with Gasteiger partial charge in [-0.05, 0) is 42.3 Å². The van der Waals surface area contributed by atoms with Crippen molar-refractivity contribution >= 4 is 52.4 Å². The fourth-order valence-corrected chi connectivity index (χ4v) is 3.68. The second kappa shape index (κ2) is 9.83. The van der Waals surface area contributed by atoms with E-state index in [1.165, 1.54) is 11.3 Å². The van der Waals surface area contributed by atoms with Crippen LogP contribution in [-0.2, 0) is 6.54 Å². The van der Waals surface area contributed by atoms with Gasteiger partial charge >= 0.3 is 0 Å². The van der Waals surface area contributed by atoms with E-state index in [9.17, 15) is 0 Å². The highest BCUT2D eigenvalue weighted by Gasteiger charge is 2.07. The molecule has 3 rings (SSSR count).